The van der Waals surface area contributed by atoms with Crippen LogP contribution in [0, 0.1) is 0 Å². The number of rotatable bonds is 3. The molecular formula is C19H11Cl2N3OS. The molecule has 0 saturated heterocycles. The molecule has 2 aromatic heterocycles. The van der Waals surface area contributed by atoms with Gasteiger partial charge in [0.15, 0.2) is 5.82 Å². The summed E-state index contributed by atoms with van der Waals surface area (Å²) in [7, 11) is 0. The molecule has 0 N–H and O–H groups in total. The highest BCUT2D eigenvalue weighted by molar-refractivity contribution is 7.15. The Morgan fingerprint density at radius 1 is 0.962 bits per heavy atom. The predicted octanol–water partition coefficient (Wildman–Crippen LogP) is 4.18. The molecule has 128 valence electrons. The summed E-state index contributed by atoms with van der Waals surface area (Å²) in [5.74, 6) is 0.498. The predicted molar refractivity (Wildman–Crippen MR) is 108 cm³/mol. The maximum atomic E-state index is 12.5. The number of hydrogen-bond donors (Lipinski definition) is 0. The molecule has 0 amide bonds. The molecule has 0 spiro atoms. The zero-order valence-corrected chi connectivity index (χ0v) is 15.6. The smallest absolute Gasteiger partial charge is 0.266 e. The SMILES string of the molecule is O=c1/c(=C/c2ccc(Cl)c(Cl)c2)sc2nc(/C=C/c3ccccc3)nn12. The van der Waals surface area contributed by atoms with Crippen LogP contribution < -0.4 is 10.1 Å². The van der Waals surface area contributed by atoms with Crippen molar-refractivity contribution in [2.24, 2.45) is 0 Å². The van der Waals surface area contributed by atoms with E-state index in [0.29, 0.717) is 25.4 Å². The van der Waals surface area contributed by atoms with Crippen molar-refractivity contribution in [2.75, 3.05) is 0 Å². The Morgan fingerprint density at radius 3 is 2.50 bits per heavy atom. The molecule has 0 aliphatic carbocycles. The summed E-state index contributed by atoms with van der Waals surface area (Å²) >= 11 is 13.2. The van der Waals surface area contributed by atoms with Crippen LogP contribution in [-0.2, 0) is 0 Å². The normalized spacial score (nSPS) is 12.5. The van der Waals surface area contributed by atoms with Crippen LogP contribution in [0.4, 0.5) is 0 Å². The average molecular weight is 400 g/mol. The van der Waals surface area contributed by atoms with E-state index in [4.69, 9.17) is 23.2 Å². The van der Waals surface area contributed by atoms with Crippen LogP contribution >= 0.6 is 34.5 Å². The van der Waals surface area contributed by atoms with Gasteiger partial charge in [-0.3, -0.25) is 4.79 Å². The van der Waals surface area contributed by atoms with Gasteiger partial charge in [-0.1, -0.05) is 77.0 Å². The van der Waals surface area contributed by atoms with Crippen molar-refractivity contribution in [1.82, 2.24) is 14.6 Å². The lowest BCUT2D eigenvalue weighted by molar-refractivity contribution is 0.925. The van der Waals surface area contributed by atoms with Gasteiger partial charge >= 0.3 is 0 Å². The lowest BCUT2D eigenvalue weighted by atomic mass is 10.2. The summed E-state index contributed by atoms with van der Waals surface area (Å²) in [6.07, 6.45) is 5.45. The molecule has 7 heteroatoms. The topological polar surface area (TPSA) is 47.3 Å². The summed E-state index contributed by atoms with van der Waals surface area (Å²) < 4.78 is 1.86. The first-order chi connectivity index (χ1) is 12.6. The van der Waals surface area contributed by atoms with Gasteiger partial charge in [0.25, 0.3) is 5.56 Å². The van der Waals surface area contributed by atoms with Crippen molar-refractivity contribution >= 4 is 57.7 Å². The summed E-state index contributed by atoms with van der Waals surface area (Å²) in [5, 5.41) is 5.19. The summed E-state index contributed by atoms with van der Waals surface area (Å²) in [6.45, 7) is 0. The molecule has 2 aromatic carbocycles. The molecule has 0 bridgehead atoms. The Hall–Kier alpha value is -2.47. The number of fused-ring (bicyclic) bond motifs is 1. The third-order valence-corrected chi connectivity index (χ3v) is 5.36. The van der Waals surface area contributed by atoms with E-state index in [0.717, 1.165) is 11.1 Å². The number of thiazole rings is 1. The van der Waals surface area contributed by atoms with Crippen molar-refractivity contribution < 1.29 is 0 Å². The Morgan fingerprint density at radius 2 is 1.77 bits per heavy atom. The lowest BCUT2D eigenvalue weighted by Crippen LogP contribution is -2.23. The molecule has 4 aromatic rings. The molecule has 26 heavy (non-hydrogen) atoms. The van der Waals surface area contributed by atoms with Crippen molar-refractivity contribution in [1.29, 1.82) is 0 Å². The molecule has 0 unspecified atom stereocenters. The van der Waals surface area contributed by atoms with Gasteiger partial charge in [0, 0.05) is 0 Å². The minimum absolute atomic E-state index is 0.206. The zero-order valence-electron chi connectivity index (χ0n) is 13.3. The Bertz CT molecular complexity index is 1230. The monoisotopic (exact) mass is 399 g/mol. The van der Waals surface area contributed by atoms with Gasteiger partial charge in [-0.15, -0.1) is 5.10 Å². The van der Waals surface area contributed by atoms with Gasteiger partial charge in [-0.2, -0.15) is 9.50 Å². The van der Waals surface area contributed by atoms with E-state index in [2.05, 4.69) is 10.1 Å². The second kappa shape index (κ2) is 7.03. The van der Waals surface area contributed by atoms with Gasteiger partial charge in [0.2, 0.25) is 4.96 Å². The van der Waals surface area contributed by atoms with Crippen LogP contribution in [0.1, 0.15) is 17.0 Å². The van der Waals surface area contributed by atoms with Crippen LogP contribution in [0.5, 0.6) is 0 Å². The maximum absolute atomic E-state index is 12.5. The highest BCUT2D eigenvalue weighted by Crippen LogP contribution is 2.22. The number of benzene rings is 2. The Balaban J connectivity index is 1.69. The molecule has 4 rings (SSSR count). The Kier molecular flexibility index (Phi) is 4.59. The van der Waals surface area contributed by atoms with Crippen molar-refractivity contribution in [3.63, 3.8) is 0 Å². The fourth-order valence-electron chi connectivity index (χ4n) is 2.41. The second-order valence-corrected chi connectivity index (χ2v) is 7.32. The molecule has 4 nitrogen and oxygen atoms in total. The minimum Gasteiger partial charge on any atom is -0.266 e. The fourth-order valence-corrected chi connectivity index (χ4v) is 3.63. The number of aromatic nitrogens is 3. The van der Waals surface area contributed by atoms with E-state index < -0.39 is 0 Å². The van der Waals surface area contributed by atoms with E-state index in [1.165, 1.54) is 15.9 Å². The summed E-state index contributed by atoms with van der Waals surface area (Å²) in [5.41, 5.74) is 1.63. The molecule has 0 saturated carbocycles. The first-order valence-electron chi connectivity index (χ1n) is 7.70. The van der Waals surface area contributed by atoms with Crippen molar-refractivity contribution in [3.05, 3.63) is 90.4 Å². The van der Waals surface area contributed by atoms with Crippen LogP contribution in [0.25, 0.3) is 23.2 Å². The molecule has 0 aliphatic heterocycles. The number of hydrogen-bond acceptors (Lipinski definition) is 4. The average Bonchev–Trinajstić information content (AvgIpc) is 3.17. The first kappa shape index (κ1) is 17.0. The quantitative estimate of drug-likeness (QED) is 0.519. The van der Waals surface area contributed by atoms with Crippen molar-refractivity contribution in [3.8, 4) is 0 Å². The number of halogens is 2. The van der Waals surface area contributed by atoms with Crippen molar-refractivity contribution in [2.45, 2.75) is 0 Å². The first-order valence-corrected chi connectivity index (χ1v) is 9.27. The van der Waals surface area contributed by atoms with Gasteiger partial charge in [-0.25, -0.2) is 0 Å². The van der Waals surface area contributed by atoms with Gasteiger partial charge in [-0.05, 0) is 35.4 Å². The van der Waals surface area contributed by atoms with E-state index >= 15 is 0 Å². The molecular weight excluding hydrogens is 389 g/mol. The summed E-state index contributed by atoms with van der Waals surface area (Å²) in [4.78, 5) is 17.5. The highest BCUT2D eigenvalue weighted by atomic mass is 35.5. The van der Waals surface area contributed by atoms with E-state index in [1.807, 2.05) is 36.4 Å². The van der Waals surface area contributed by atoms with Gasteiger partial charge < -0.3 is 0 Å². The fraction of sp³-hybridized carbons (Fsp3) is 0. The lowest BCUT2D eigenvalue weighted by Gasteiger charge is -1.96. The van der Waals surface area contributed by atoms with E-state index in [1.54, 1.807) is 30.4 Å². The van der Waals surface area contributed by atoms with Gasteiger partial charge in [0.1, 0.15) is 0 Å². The third kappa shape index (κ3) is 3.42. The number of nitrogens with zero attached hydrogens (tertiary/aromatic N) is 3. The van der Waals surface area contributed by atoms with Crippen LogP contribution in [0.3, 0.4) is 0 Å². The van der Waals surface area contributed by atoms with E-state index in [-0.39, 0.29) is 5.56 Å². The van der Waals surface area contributed by atoms with E-state index in [9.17, 15) is 4.79 Å². The highest BCUT2D eigenvalue weighted by Gasteiger charge is 2.09. The van der Waals surface area contributed by atoms with Crippen LogP contribution in [-0.4, -0.2) is 14.6 Å². The molecule has 2 heterocycles. The second-order valence-electron chi connectivity index (χ2n) is 5.50. The zero-order chi connectivity index (χ0) is 18.1. The molecule has 0 fully saturated rings. The minimum atomic E-state index is -0.206. The third-order valence-electron chi connectivity index (χ3n) is 3.66. The largest absolute Gasteiger partial charge is 0.291 e. The molecule has 0 radical (unpaired) electrons. The summed E-state index contributed by atoms with van der Waals surface area (Å²) in [6, 6.07) is 15.1. The molecule has 0 aliphatic rings. The molecule has 0 atom stereocenters. The standard InChI is InChI=1S/C19H11Cl2N3OS/c20-14-8-6-13(10-15(14)21)11-16-18(25)24-19(26-16)22-17(23-24)9-7-12-4-2-1-3-5-12/h1-11H/b9-7+,16-11-. The van der Waals surface area contributed by atoms with Gasteiger partial charge in [0.05, 0.1) is 14.6 Å². The Labute approximate surface area is 162 Å². The van der Waals surface area contributed by atoms with Crippen LogP contribution in [0.15, 0.2) is 53.3 Å². The maximum Gasteiger partial charge on any atom is 0.291 e. The van der Waals surface area contributed by atoms with Crippen LogP contribution in [0.2, 0.25) is 10.0 Å².